The Balaban J connectivity index is 2.09. The van der Waals surface area contributed by atoms with Crippen LogP contribution in [0.1, 0.15) is 39.0 Å². The molecule has 1 atom stereocenters. The molecule has 4 nitrogen and oxygen atoms in total. The van der Waals surface area contributed by atoms with Gasteiger partial charge in [0.15, 0.2) is 0 Å². The Morgan fingerprint density at radius 3 is 3.16 bits per heavy atom. The SMILES string of the molecule is CCCOc1ccnc(N2CCCCC2CCBr)n1. The number of anilines is 1. The summed E-state index contributed by atoms with van der Waals surface area (Å²) in [7, 11) is 0. The van der Waals surface area contributed by atoms with Gasteiger partial charge in [0.05, 0.1) is 6.61 Å². The number of alkyl halides is 1. The minimum Gasteiger partial charge on any atom is -0.478 e. The average Bonchev–Trinajstić information content (AvgIpc) is 2.46. The topological polar surface area (TPSA) is 38.2 Å². The Kier molecular flexibility index (Phi) is 5.89. The fourth-order valence-corrected chi connectivity index (χ4v) is 2.98. The van der Waals surface area contributed by atoms with Gasteiger partial charge in [-0.15, -0.1) is 0 Å². The Morgan fingerprint density at radius 1 is 1.47 bits per heavy atom. The van der Waals surface area contributed by atoms with Crippen LogP contribution in [0, 0.1) is 0 Å². The van der Waals surface area contributed by atoms with Crippen LogP contribution in [-0.2, 0) is 0 Å². The van der Waals surface area contributed by atoms with Crippen molar-refractivity contribution in [2.24, 2.45) is 0 Å². The third-order valence-electron chi connectivity index (χ3n) is 3.40. The maximum absolute atomic E-state index is 5.59. The van der Waals surface area contributed by atoms with Gasteiger partial charge in [0, 0.05) is 30.2 Å². The van der Waals surface area contributed by atoms with Crippen molar-refractivity contribution in [1.29, 1.82) is 0 Å². The summed E-state index contributed by atoms with van der Waals surface area (Å²) in [5, 5.41) is 1.03. The highest BCUT2D eigenvalue weighted by atomic mass is 79.9. The van der Waals surface area contributed by atoms with Crippen LogP contribution >= 0.6 is 15.9 Å². The minimum atomic E-state index is 0.551. The first-order valence-corrected chi connectivity index (χ1v) is 8.25. The number of piperidine rings is 1. The molecule has 1 aliphatic heterocycles. The molecule has 0 bridgehead atoms. The van der Waals surface area contributed by atoms with Crippen LogP contribution in [-0.4, -0.2) is 34.5 Å². The molecular weight excluding hydrogens is 306 g/mol. The highest BCUT2D eigenvalue weighted by Gasteiger charge is 2.24. The number of hydrogen-bond acceptors (Lipinski definition) is 4. The number of halogens is 1. The summed E-state index contributed by atoms with van der Waals surface area (Å²) in [6.45, 7) is 3.86. The highest BCUT2D eigenvalue weighted by molar-refractivity contribution is 9.09. The molecule has 0 aliphatic carbocycles. The summed E-state index contributed by atoms with van der Waals surface area (Å²) in [4.78, 5) is 11.3. The van der Waals surface area contributed by atoms with Crippen molar-refractivity contribution >= 4 is 21.9 Å². The minimum absolute atomic E-state index is 0.551. The lowest BCUT2D eigenvalue weighted by atomic mass is 10.0. The van der Waals surface area contributed by atoms with Crippen LogP contribution in [0.15, 0.2) is 12.3 Å². The lowest BCUT2D eigenvalue weighted by Gasteiger charge is -2.35. The average molecular weight is 328 g/mol. The van der Waals surface area contributed by atoms with E-state index in [-0.39, 0.29) is 0 Å². The second-order valence-electron chi connectivity index (χ2n) is 4.86. The Hall–Kier alpha value is -0.840. The zero-order valence-electron chi connectivity index (χ0n) is 11.5. The number of ether oxygens (including phenoxy) is 1. The van der Waals surface area contributed by atoms with Gasteiger partial charge in [-0.25, -0.2) is 4.98 Å². The monoisotopic (exact) mass is 327 g/mol. The number of nitrogens with zero attached hydrogens (tertiary/aromatic N) is 3. The largest absolute Gasteiger partial charge is 0.478 e. The lowest BCUT2D eigenvalue weighted by molar-refractivity contribution is 0.304. The van der Waals surface area contributed by atoms with Gasteiger partial charge < -0.3 is 9.64 Å². The van der Waals surface area contributed by atoms with Crippen molar-refractivity contribution in [3.05, 3.63) is 12.3 Å². The summed E-state index contributed by atoms with van der Waals surface area (Å²) < 4.78 is 5.59. The predicted octanol–water partition coefficient (Wildman–Crippen LogP) is 3.41. The maximum Gasteiger partial charge on any atom is 0.228 e. The fourth-order valence-electron chi connectivity index (χ4n) is 2.45. The van der Waals surface area contributed by atoms with Gasteiger partial charge in [-0.3, -0.25) is 0 Å². The summed E-state index contributed by atoms with van der Waals surface area (Å²) in [5.41, 5.74) is 0. The van der Waals surface area contributed by atoms with E-state index in [2.05, 4.69) is 37.7 Å². The number of hydrogen-bond donors (Lipinski definition) is 0. The van der Waals surface area contributed by atoms with Crippen molar-refractivity contribution in [3.63, 3.8) is 0 Å². The van der Waals surface area contributed by atoms with E-state index in [0.717, 1.165) is 30.7 Å². The van der Waals surface area contributed by atoms with E-state index >= 15 is 0 Å². The molecule has 0 aromatic carbocycles. The fraction of sp³-hybridized carbons (Fsp3) is 0.714. The molecule has 2 rings (SSSR count). The first kappa shape index (κ1) is 14.6. The molecule has 5 heteroatoms. The van der Waals surface area contributed by atoms with E-state index in [0.29, 0.717) is 18.5 Å². The first-order valence-electron chi connectivity index (χ1n) is 7.13. The molecule has 1 saturated heterocycles. The van der Waals surface area contributed by atoms with Crippen LogP contribution in [0.5, 0.6) is 5.88 Å². The molecular formula is C14H22BrN3O. The zero-order valence-corrected chi connectivity index (χ0v) is 13.1. The van der Waals surface area contributed by atoms with Crippen LogP contribution in [0.3, 0.4) is 0 Å². The third kappa shape index (κ3) is 4.06. The molecule has 106 valence electrons. The Bertz CT molecular complexity index is 387. The van der Waals surface area contributed by atoms with Gasteiger partial charge in [0.25, 0.3) is 0 Å². The normalized spacial score (nSPS) is 19.5. The summed E-state index contributed by atoms with van der Waals surface area (Å²) in [6, 6.07) is 2.39. The first-order chi connectivity index (χ1) is 9.35. The molecule has 0 saturated carbocycles. The van der Waals surface area contributed by atoms with Crippen LogP contribution in [0.4, 0.5) is 5.95 Å². The molecule has 0 radical (unpaired) electrons. The molecule has 0 N–H and O–H groups in total. The Labute approximate surface area is 123 Å². The number of aromatic nitrogens is 2. The van der Waals surface area contributed by atoms with E-state index in [9.17, 15) is 0 Å². The lowest BCUT2D eigenvalue weighted by Crippen LogP contribution is -2.40. The van der Waals surface area contributed by atoms with Crippen LogP contribution < -0.4 is 9.64 Å². The van der Waals surface area contributed by atoms with E-state index < -0.39 is 0 Å². The molecule has 0 spiro atoms. The molecule has 19 heavy (non-hydrogen) atoms. The van der Waals surface area contributed by atoms with E-state index in [1.165, 1.54) is 19.3 Å². The van der Waals surface area contributed by atoms with E-state index in [1.807, 2.05) is 6.07 Å². The van der Waals surface area contributed by atoms with Gasteiger partial charge in [-0.05, 0) is 32.1 Å². The van der Waals surface area contributed by atoms with Crippen molar-refractivity contribution in [1.82, 2.24) is 9.97 Å². The molecule has 0 amide bonds. The standard InChI is InChI=1S/C14H22BrN3O/c1-2-11-19-13-7-9-16-14(17-13)18-10-4-3-5-12(18)6-8-15/h7,9,12H,2-6,8,10-11H2,1H3. The summed E-state index contributed by atoms with van der Waals surface area (Å²) in [6.07, 6.45) is 7.70. The molecule has 1 fully saturated rings. The summed E-state index contributed by atoms with van der Waals surface area (Å²) >= 11 is 3.54. The molecule has 1 aromatic heterocycles. The highest BCUT2D eigenvalue weighted by Crippen LogP contribution is 2.25. The molecule has 2 heterocycles. The van der Waals surface area contributed by atoms with Gasteiger partial charge in [-0.2, -0.15) is 4.98 Å². The Morgan fingerprint density at radius 2 is 2.37 bits per heavy atom. The quantitative estimate of drug-likeness (QED) is 0.750. The molecule has 1 unspecified atom stereocenters. The third-order valence-corrected chi connectivity index (χ3v) is 3.86. The second kappa shape index (κ2) is 7.68. The smallest absolute Gasteiger partial charge is 0.228 e. The maximum atomic E-state index is 5.59. The van der Waals surface area contributed by atoms with Crippen molar-refractivity contribution in [3.8, 4) is 5.88 Å². The van der Waals surface area contributed by atoms with Gasteiger partial charge in [0.1, 0.15) is 0 Å². The van der Waals surface area contributed by atoms with Crippen molar-refractivity contribution < 1.29 is 4.74 Å². The van der Waals surface area contributed by atoms with E-state index in [1.54, 1.807) is 6.20 Å². The van der Waals surface area contributed by atoms with E-state index in [4.69, 9.17) is 4.74 Å². The van der Waals surface area contributed by atoms with Gasteiger partial charge >= 0.3 is 0 Å². The predicted molar refractivity (Wildman–Crippen MR) is 81.2 cm³/mol. The summed E-state index contributed by atoms with van der Waals surface area (Å²) in [5.74, 6) is 1.51. The van der Waals surface area contributed by atoms with Gasteiger partial charge in [0.2, 0.25) is 11.8 Å². The number of rotatable bonds is 6. The second-order valence-corrected chi connectivity index (χ2v) is 5.66. The van der Waals surface area contributed by atoms with Crippen LogP contribution in [0.2, 0.25) is 0 Å². The van der Waals surface area contributed by atoms with Crippen molar-refractivity contribution in [2.75, 3.05) is 23.4 Å². The zero-order chi connectivity index (χ0) is 13.5. The van der Waals surface area contributed by atoms with Gasteiger partial charge in [-0.1, -0.05) is 22.9 Å². The van der Waals surface area contributed by atoms with Crippen LogP contribution in [0.25, 0.3) is 0 Å². The molecule has 1 aromatic rings. The van der Waals surface area contributed by atoms with Crippen molar-refractivity contribution in [2.45, 2.75) is 45.1 Å². The molecule has 1 aliphatic rings.